The van der Waals surface area contributed by atoms with Gasteiger partial charge in [-0.05, 0) is 45.7 Å². The summed E-state index contributed by atoms with van der Waals surface area (Å²) in [6.07, 6.45) is 2.56. The SMILES string of the molecule is CCCC(C)CNC(C)c1cc(C)oc1C. The van der Waals surface area contributed by atoms with Gasteiger partial charge >= 0.3 is 0 Å². The van der Waals surface area contributed by atoms with Crippen LogP contribution in [0.5, 0.6) is 0 Å². The molecule has 0 aliphatic heterocycles. The number of rotatable bonds is 6. The number of aryl methyl sites for hydroxylation is 2. The highest BCUT2D eigenvalue weighted by Gasteiger charge is 2.12. The van der Waals surface area contributed by atoms with Gasteiger partial charge in [0.2, 0.25) is 0 Å². The lowest BCUT2D eigenvalue weighted by Crippen LogP contribution is -2.24. The molecule has 0 amide bonds. The normalized spacial score (nSPS) is 15.1. The predicted molar refractivity (Wildman–Crippen MR) is 68.7 cm³/mol. The fourth-order valence-electron chi connectivity index (χ4n) is 2.16. The van der Waals surface area contributed by atoms with Crippen LogP contribution in [0.3, 0.4) is 0 Å². The van der Waals surface area contributed by atoms with Crippen LogP contribution in [0.1, 0.15) is 56.7 Å². The van der Waals surface area contributed by atoms with Gasteiger partial charge in [0.1, 0.15) is 11.5 Å². The highest BCUT2D eigenvalue weighted by Crippen LogP contribution is 2.21. The van der Waals surface area contributed by atoms with Crippen LogP contribution in [0.15, 0.2) is 10.5 Å². The average Bonchev–Trinajstić information content (AvgIpc) is 2.55. The van der Waals surface area contributed by atoms with Crippen molar-refractivity contribution in [2.45, 2.75) is 53.5 Å². The molecule has 0 saturated carbocycles. The number of furan rings is 1. The first-order valence-electron chi connectivity index (χ1n) is 6.34. The Morgan fingerprint density at radius 2 is 2.00 bits per heavy atom. The molecular formula is C14H25NO. The minimum absolute atomic E-state index is 0.386. The molecule has 0 aliphatic rings. The summed E-state index contributed by atoms with van der Waals surface area (Å²) >= 11 is 0. The third kappa shape index (κ3) is 3.67. The van der Waals surface area contributed by atoms with E-state index in [0.29, 0.717) is 6.04 Å². The molecule has 2 unspecified atom stereocenters. The van der Waals surface area contributed by atoms with Crippen LogP contribution in [0.25, 0.3) is 0 Å². The molecule has 1 aromatic rings. The van der Waals surface area contributed by atoms with E-state index in [-0.39, 0.29) is 0 Å². The Bertz CT molecular complexity index is 317. The zero-order chi connectivity index (χ0) is 12.1. The van der Waals surface area contributed by atoms with Gasteiger partial charge in [0.15, 0.2) is 0 Å². The summed E-state index contributed by atoms with van der Waals surface area (Å²) in [6.45, 7) is 11.9. The maximum atomic E-state index is 5.55. The minimum atomic E-state index is 0.386. The summed E-state index contributed by atoms with van der Waals surface area (Å²) in [4.78, 5) is 0. The van der Waals surface area contributed by atoms with Crippen LogP contribution >= 0.6 is 0 Å². The number of nitrogens with one attached hydrogen (secondary N) is 1. The van der Waals surface area contributed by atoms with Gasteiger partial charge in [-0.15, -0.1) is 0 Å². The van der Waals surface area contributed by atoms with Gasteiger partial charge in [0, 0.05) is 11.6 Å². The quantitative estimate of drug-likeness (QED) is 0.789. The van der Waals surface area contributed by atoms with Gasteiger partial charge in [-0.2, -0.15) is 0 Å². The molecule has 2 atom stereocenters. The van der Waals surface area contributed by atoms with E-state index >= 15 is 0 Å². The summed E-state index contributed by atoms with van der Waals surface area (Å²) in [5.41, 5.74) is 1.29. The van der Waals surface area contributed by atoms with Crippen LogP contribution in [0.4, 0.5) is 0 Å². The fourth-order valence-corrected chi connectivity index (χ4v) is 2.16. The Morgan fingerprint density at radius 3 is 2.50 bits per heavy atom. The highest BCUT2D eigenvalue weighted by atomic mass is 16.3. The van der Waals surface area contributed by atoms with Crippen molar-refractivity contribution >= 4 is 0 Å². The van der Waals surface area contributed by atoms with Crippen LogP contribution in [-0.2, 0) is 0 Å². The monoisotopic (exact) mass is 223 g/mol. The lowest BCUT2D eigenvalue weighted by molar-refractivity contribution is 0.437. The van der Waals surface area contributed by atoms with Crippen molar-refractivity contribution < 1.29 is 4.42 Å². The average molecular weight is 223 g/mol. The molecule has 2 nitrogen and oxygen atoms in total. The lowest BCUT2D eigenvalue weighted by Gasteiger charge is -2.16. The number of hydrogen-bond acceptors (Lipinski definition) is 2. The molecule has 0 bridgehead atoms. The second-order valence-electron chi connectivity index (χ2n) is 4.89. The van der Waals surface area contributed by atoms with Crippen molar-refractivity contribution in [1.29, 1.82) is 0 Å². The molecule has 16 heavy (non-hydrogen) atoms. The second-order valence-corrected chi connectivity index (χ2v) is 4.89. The van der Waals surface area contributed by atoms with Crippen LogP contribution in [0.2, 0.25) is 0 Å². The smallest absolute Gasteiger partial charge is 0.105 e. The first-order valence-corrected chi connectivity index (χ1v) is 6.34. The first kappa shape index (κ1) is 13.3. The predicted octanol–water partition coefficient (Wildman–Crippen LogP) is 3.98. The Hall–Kier alpha value is -0.760. The molecule has 0 aliphatic carbocycles. The summed E-state index contributed by atoms with van der Waals surface area (Å²) in [5.74, 6) is 2.80. The summed E-state index contributed by atoms with van der Waals surface area (Å²) in [5, 5.41) is 3.58. The molecule has 1 rings (SSSR count). The minimum Gasteiger partial charge on any atom is -0.466 e. The zero-order valence-electron chi connectivity index (χ0n) is 11.3. The molecule has 0 spiro atoms. The van der Waals surface area contributed by atoms with Crippen molar-refractivity contribution in [3.05, 3.63) is 23.2 Å². The fraction of sp³-hybridized carbons (Fsp3) is 0.714. The van der Waals surface area contributed by atoms with Crippen molar-refractivity contribution in [2.24, 2.45) is 5.92 Å². The Balaban J connectivity index is 2.46. The van der Waals surface area contributed by atoms with Crippen LogP contribution in [0, 0.1) is 19.8 Å². The molecule has 2 heteroatoms. The second kappa shape index (κ2) is 6.09. The Kier molecular flexibility index (Phi) is 5.07. The van der Waals surface area contributed by atoms with Gasteiger partial charge in [-0.1, -0.05) is 20.3 Å². The van der Waals surface area contributed by atoms with E-state index in [9.17, 15) is 0 Å². The Labute approximate surface area is 99.4 Å². The summed E-state index contributed by atoms with van der Waals surface area (Å²) in [7, 11) is 0. The standard InChI is InChI=1S/C14H25NO/c1-6-7-10(2)9-15-12(4)14-8-11(3)16-13(14)5/h8,10,12,15H,6-7,9H2,1-5H3. The largest absolute Gasteiger partial charge is 0.466 e. The topological polar surface area (TPSA) is 25.2 Å². The molecule has 0 fully saturated rings. The summed E-state index contributed by atoms with van der Waals surface area (Å²) in [6, 6.07) is 2.52. The van der Waals surface area contributed by atoms with E-state index in [1.807, 2.05) is 13.8 Å². The number of hydrogen-bond donors (Lipinski definition) is 1. The van der Waals surface area contributed by atoms with Gasteiger partial charge in [-0.25, -0.2) is 0 Å². The third-order valence-electron chi connectivity index (χ3n) is 3.10. The molecule has 0 aromatic carbocycles. The summed E-state index contributed by atoms with van der Waals surface area (Å²) < 4.78 is 5.55. The first-order chi connectivity index (χ1) is 7.54. The van der Waals surface area contributed by atoms with E-state index in [2.05, 4.69) is 32.2 Å². The molecule has 0 saturated heterocycles. The Morgan fingerprint density at radius 1 is 1.31 bits per heavy atom. The van der Waals surface area contributed by atoms with Crippen LogP contribution < -0.4 is 5.32 Å². The molecule has 1 aromatic heterocycles. The highest BCUT2D eigenvalue weighted by molar-refractivity contribution is 5.23. The van der Waals surface area contributed by atoms with Crippen molar-refractivity contribution in [1.82, 2.24) is 5.32 Å². The van der Waals surface area contributed by atoms with Crippen LogP contribution in [-0.4, -0.2) is 6.54 Å². The molecule has 0 radical (unpaired) electrons. The third-order valence-corrected chi connectivity index (χ3v) is 3.10. The zero-order valence-corrected chi connectivity index (χ0v) is 11.3. The maximum absolute atomic E-state index is 5.55. The van der Waals surface area contributed by atoms with E-state index in [1.165, 1.54) is 18.4 Å². The molecular weight excluding hydrogens is 198 g/mol. The van der Waals surface area contributed by atoms with Crippen molar-refractivity contribution in [3.63, 3.8) is 0 Å². The lowest BCUT2D eigenvalue weighted by atomic mass is 10.0. The van der Waals surface area contributed by atoms with Crippen molar-refractivity contribution in [3.8, 4) is 0 Å². The molecule has 92 valence electrons. The van der Waals surface area contributed by atoms with E-state index in [1.54, 1.807) is 0 Å². The molecule has 1 N–H and O–H groups in total. The van der Waals surface area contributed by atoms with Gasteiger partial charge < -0.3 is 9.73 Å². The maximum Gasteiger partial charge on any atom is 0.105 e. The van der Waals surface area contributed by atoms with E-state index in [4.69, 9.17) is 4.42 Å². The van der Waals surface area contributed by atoms with Gasteiger partial charge in [0.05, 0.1) is 0 Å². The molecule has 1 heterocycles. The van der Waals surface area contributed by atoms with Gasteiger partial charge in [-0.3, -0.25) is 0 Å². The van der Waals surface area contributed by atoms with E-state index < -0.39 is 0 Å². The van der Waals surface area contributed by atoms with Gasteiger partial charge in [0.25, 0.3) is 0 Å². The van der Waals surface area contributed by atoms with Crippen molar-refractivity contribution in [2.75, 3.05) is 6.54 Å². The van der Waals surface area contributed by atoms with E-state index in [0.717, 1.165) is 24.0 Å².